The molecule has 0 saturated heterocycles. The van der Waals surface area contributed by atoms with E-state index in [0.29, 0.717) is 28.1 Å². The molecule has 6 nitrogen and oxygen atoms in total. The van der Waals surface area contributed by atoms with Gasteiger partial charge in [-0.15, -0.1) is 0 Å². The minimum Gasteiger partial charge on any atom is -0.477 e. The fourth-order valence-corrected chi connectivity index (χ4v) is 2.13. The number of benzene rings is 1. The summed E-state index contributed by atoms with van der Waals surface area (Å²) in [5, 5.41) is 20.4. The van der Waals surface area contributed by atoms with E-state index in [1.54, 1.807) is 38.1 Å². The normalized spacial score (nSPS) is 9.95. The van der Waals surface area contributed by atoms with Crippen molar-refractivity contribution in [1.82, 2.24) is 4.98 Å². The number of carbonyl (C=O) groups excluding carboxylic acids is 1. The number of aromatic nitrogens is 1. The van der Waals surface area contributed by atoms with E-state index in [0.717, 1.165) is 0 Å². The number of carboxylic acid groups (broad SMARTS) is 1. The van der Waals surface area contributed by atoms with E-state index in [2.05, 4.69) is 10.3 Å². The lowest BCUT2D eigenvalue weighted by Crippen LogP contribution is -2.13. The van der Waals surface area contributed by atoms with Crippen LogP contribution in [0.4, 0.5) is 5.69 Å². The number of nitrogens with zero attached hydrogens (tertiary/aromatic N) is 1. The average Bonchev–Trinajstić information content (AvgIpc) is 2.75. The van der Waals surface area contributed by atoms with Crippen molar-refractivity contribution in [3.8, 4) is 6.07 Å². The highest BCUT2D eigenvalue weighted by atomic mass is 16.4. The van der Waals surface area contributed by atoms with Crippen molar-refractivity contribution in [3.05, 3.63) is 52.3 Å². The molecule has 0 aliphatic rings. The van der Waals surface area contributed by atoms with Crippen LogP contribution in [0.3, 0.4) is 0 Å². The molecule has 106 valence electrons. The third-order valence-corrected chi connectivity index (χ3v) is 3.15. The monoisotopic (exact) mass is 283 g/mol. The summed E-state index contributed by atoms with van der Waals surface area (Å²) in [5.74, 6) is -1.49. The van der Waals surface area contributed by atoms with Gasteiger partial charge in [0.05, 0.1) is 17.2 Å². The van der Waals surface area contributed by atoms with Gasteiger partial charge in [-0.25, -0.2) is 4.79 Å². The lowest BCUT2D eigenvalue weighted by atomic mass is 10.1. The fraction of sp³-hybridized carbons (Fsp3) is 0.133. The number of aromatic carboxylic acids is 1. The summed E-state index contributed by atoms with van der Waals surface area (Å²) in [6.45, 7) is 3.23. The van der Waals surface area contributed by atoms with Gasteiger partial charge in [0.25, 0.3) is 5.91 Å². The molecule has 0 radical (unpaired) electrons. The van der Waals surface area contributed by atoms with Crippen LogP contribution in [0.25, 0.3) is 0 Å². The molecule has 0 unspecified atom stereocenters. The van der Waals surface area contributed by atoms with Crippen LogP contribution in [0.1, 0.15) is 37.7 Å². The molecule has 0 atom stereocenters. The maximum atomic E-state index is 12.3. The number of amides is 1. The molecule has 0 saturated carbocycles. The molecule has 1 aromatic carbocycles. The van der Waals surface area contributed by atoms with E-state index in [1.807, 2.05) is 6.07 Å². The first-order valence-electron chi connectivity index (χ1n) is 6.18. The summed E-state index contributed by atoms with van der Waals surface area (Å²) in [6.07, 6.45) is 0. The van der Waals surface area contributed by atoms with E-state index in [-0.39, 0.29) is 5.69 Å². The maximum Gasteiger partial charge on any atom is 0.352 e. The number of carbonyl (C=O) groups is 2. The minimum absolute atomic E-state index is 0.0116. The third kappa shape index (κ3) is 2.77. The first-order valence-corrected chi connectivity index (χ1v) is 6.18. The van der Waals surface area contributed by atoms with E-state index >= 15 is 0 Å². The second-order valence-electron chi connectivity index (χ2n) is 4.57. The summed E-state index contributed by atoms with van der Waals surface area (Å²) < 4.78 is 0. The fourth-order valence-electron chi connectivity index (χ4n) is 2.13. The molecule has 0 bridgehead atoms. The Kier molecular flexibility index (Phi) is 3.76. The maximum absolute atomic E-state index is 12.3. The van der Waals surface area contributed by atoms with Crippen LogP contribution in [0.2, 0.25) is 0 Å². The zero-order valence-corrected chi connectivity index (χ0v) is 11.5. The van der Waals surface area contributed by atoms with Crippen LogP contribution in [0, 0.1) is 25.2 Å². The highest BCUT2D eigenvalue weighted by Crippen LogP contribution is 2.20. The molecular weight excluding hydrogens is 270 g/mol. The highest BCUT2D eigenvalue weighted by Gasteiger charge is 2.21. The van der Waals surface area contributed by atoms with Gasteiger partial charge >= 0.3 is 5.97 Å². The molecule has 0 aliphatic heterocycles. The van der Waals surface area contributed by atoms with Crippen LogP contribution in [-0.4, -0.2) is 22.0 Å². The van der Waals surface area contributed by atoms with Gasteiger partial charge in [0, 0.05) is 11.4 Å². The molecule has 1 amide bonds. The number of hydrogen-bond acceptors (Lipinski definition) is 3. The Morgan fingerprint density at radius 3 is 2.33 bits per heavy atom. The minimum atomic E-state index is -1.10. The number of anilines is 1. The van der Waals surface area contributed by atoms with Crippen LogP contribution in [0.5, 0.6) is 0 Å². The predicted molar refractivity (Wildman–Crippen MR) is 76.3 cm³/mol. The van der Waals surface area contributed by atoms with E-state index in [4.69, 9.17) is 10.4 Å². The number of hydrogen-bond donors (Lipinski definition) is 3. The predicted octanol–water partition coefficient (Wildman–Crippen LogP) is 2.45. The number of aryl methyl sites for hydroxylation is 1. The highest BCUT2D eigenvalue weighted by molar-refractivity contribution is 6.08. The Morgan fingerprint density at radius 1 is 1.24 bits per heavy atom. The molecule has 3 N–H and O–H groups in total. The summed E-state index contributed by atoms with van der Waals surface area (Å²) >= 11 is 0. The number of carboxylic acids is 1. The number of aromatic amines is 1. The lowest BCUT2D eigenvalue weighted by Gasteiger charge is -2.06. The van der Waals surface area contributed by atoms with E-state index in [9.17, 15) is 9.59 Å². The van der Waals surface area contributed by atoms with Crippen molar-refractivity contribution in [2.45, 2.75) is 13.8 Å². The molecule has 21 heavy (non-hydrogen) atoms. The van der Waals surface area contributed by atoms with Gasteiger partial charge in [-0.05, 0) is 43.7 Å². The van der Waals surface area contributed by atoms with Crippen LogP contribution in [0.15, 0.2) is 24.3 Å². The first kappa shape index (κ1) is 14.3. The molecule has 0 aliphatic carbocycles. The van der Waals surface area contributed by atoms with Crippen molar-refractivity contribution in [3.63, 3.8) is 0 Å². The van der Waals surface area contributed by atoms with Gasteiger partial charge in [-0.2, -0.15) is 5.26 Å². The Morgan fingerprint density at radius 2 is 1.86 bits per heavy atom. The Hall–Kier alpha value is -3.07. The quantitative estimate of drug-likeness (QED) is 0.804. The molecule has 2 rings (SSSR count). The second kappa shape index (κ2) is 5.51. The zero-order valence-electron chi connectivity index (χ0n) is 11.5. The molecule has 2 aromatic rings. The number of nitriles is 1. The third-order valence-electron chi connectivity index (χ3n) is 3.15. The topological polar surface area (TPSA) is 106 Å². The van der Waals surface area contributed by atoms with E-state index in [1.165, 1.54) is 0 Å². The zero-order chi connectivity index (χ0) is 15.6. The number of nitrogens with one attached hydrogen (secondary N) is 2. The molecule has 0 spiro atoms. The average molecular weight is 283 g/mol. The van der Waals surface area contributed by atoms with Crippen molar-refractivity contribution in [2.75, 3.05) is 5.32 Å². The summed E-state index contributed by atoms with van der Waals surface area (Å²) in [5.41, 5.74) is 2.25. The van der Waals surface area contributed by atoms with Gasteiger partial charge in [0.2, 0.25) is 0 Å². The summed E-state index contributed by atoms with van der Waals surface area (Å²) in [4.78, 5) is 26.0. The van der Waals surface area contributed by atoms with Crippen molar-refractivity contribution in [1.29, 1.82) is 5.26 Å². The Bertz CT molecular complexity index is 752. The largest absolute Gasteiger partial charge is 0.477 e. The number of H-pyrrole nitrogens is 1. The number of rotatable bonds is 3. The SMILES string of the molecule is Cc1[nH]c(C(=O)O)c(C)c1C(=O)Nc1ccc(C#N)cc1. The molecule has 1 heterocycles. The lowest BCUT2D eigenvalue weighted by molar-refractivity contribution is 0.0690. The van der Waals surface area contributed by atoms with Crippen molar-refractivity contribution >= 4 is 17.6 Å². The van der Waals surface area contributed by atoms with Gasteiger partial charge in [-0.1, -0.05) is 0 Å². The molecular formula is C15H13N3O3. The molecule has 6 heteroatoms. The van der Waals surface area contributed by atoms with Gasteiger partial charge in [0.1, 0.15) is 5.69 Å². The van der Waals surface area contributed by atoms with Gasteiger partial charge < -0.3 is 15.4 Å². The second-order valence-corrected chi connectivity index (χ2v) is 4.57. The van der Waals surface area contributed by atoms with Gasteiger partial charge in [0.15, 0.2) is 0 Å². The summed E-state index contributed by atoms with van der Waals surface area (Å²) in [6, 6.07) is 8.41. The molecule has 0 fully saturated rings. The Labute approximate surface area is 121 Å². The summed E-state index contributed by atoms with van der Waals surface area (Å²) in [7, 11) is 0. The van der Waals surface area contributed by atoms with Crippen LogP contribution in [-0.2, 0) is 0 Å². The van der Waals surface area contributed by atoms with Gasteiger partial charge in [-0.3, -0.25) is 4.79 Å². The standard InChI is InChI=1S/C15H13N3O3/c1-8-12(9(2)17-13(8)15(20)21)14(19)18-11-5-3-10(7-16)4-6-11/h3-6,17H,1-2H3,(H,18,19)(H,20,21). The van der Waals surface area contributed by atoms with Crippen LogP contribution < -0.4 is 5.32 Å². The Balaban J connectivity index is 2.28. The van der Waals surface area contributed by atoms with Crippen LogP contribution >= 0.6 is 0 Å². The van der Waals surface area contributed by atoms with Crippen molar-refractivity contribution in [2.24, 2.45) is 0 Å². The molecule has 1 aromatic heterocycles. The first-order chi connectivity index (χ1) is 9.93. The smallest absolute Gasteiger partial charge is 0.352 e. The van der Waals surface area contributed by atoms with E-state index < -0.39 is 11.9 Å². The van der Waals surface area contributed by atoms with Crippen molar-refractivity contribution < 1.29 is 14.7 Å².